The molecule has 84 valence electrons. The van der Waals surface area contributed by atoms with Crippen molar-refractivity contribution in [1.82, 2.24) is 4.72 Å². The highest BCUT2D eigenvalue weighted by atomic mass is 32.3. The van der Waals surface area contributed by atoms with Crippen molar-refractivity contribution in [3.05, 3.63) is 35.4 Å². The molecule has 0 saturated carbocycles. The zero-order chi connectivity index (χ0) is 10.9. The Morgan fingerprint density at radius 2 is 2.00 bits per heavy atom. The second kappa shape index (κ2) is 4.11. The van der Waals surface area contributed by atoms with Crippen molar-refractivity contribution in [2.45, 2.75) is 19.0 Å². The molecule has 1 heterocycles. The summed E-state index contributed by atoms with van der Waals surface area (Å²) < 4.78 is 21.7. The van der Waals surface area contributed by atoms with Gasteiger partial charge in [0, 0.05) is 6.54 Å². The standard InChI is InChI=1S/C10H16N2O2S/c11-7-8-1-3-9(4-2-8)10-5-6-15(13,14)12-10/h1-4,10,12-14H,5-7,11H2. The van der Waals surface area contributed by atoms with Crippen LogP contribution in [0.2, 0.25) is 0 Å². The average molecular weight is 228 g/mol. The maximum Gasteiger partial charge on any atom is 0.0547 e. The third kappa shape index (κ3) is 2.50. The maximum atomic E-state index is 9.43. The summed E-state index contributed by atoms with van der Waals surface area (Å²) in [5.41, 5.74) is 7.68. The Morgan fingerprint density at radius 3 is 2.47 bits per heavy atom. The molecule has 5 heteroatoms. The lowest BCUT2D eigenvalue weighted by Gasteiger charge is -2.27. The second-order valence-corrected chi connectivity index (χ2v) is 5.75. The zero-order valence-corrected chi connectivity index (χ0v) is 9.20. The molecule has 1 aliphatic rings. The lowest BCUT2D eigenvalue weighted by Crippen LogP contribution is -2.16. The Labute approximate surface area is 91.0 Å². The Bertz CT molecular complexity index is 340. The highest BCUT2D eigenvalue weighted by Gasteiger charge is 2.28. The molecule has 1 saturated heterocycles. The number of hydrogen-bond donors (Lipinski definition) is 4. The van der Waals surface area contributed by atoms with Crippen molar-refractivity contribution < 1.29 is 9.11 Å². The lowest BCUT2D eigenvalue weighted by molar-refractivity contribution is 0.478. The molecule has 0 aliphatic carbocycles. The lowest BCUT2D eigenvalue weighted by atomic mass is 10.0. The molecule has 0 amide bonds. The minimum Gasteiger partial charge on any atom is -0.326 e. The summed E-state index contributed by atoms with van der Waals surface area (Å²) in [6.45, 7) is 0.535. The van der Waals surface area contributed by atoms with E-state index in [4.69, 9.17) is 5.73 Å². The number of hydrogen-bond acceptors (Lipinski definition) is 4. The van der Waals surface area contributed by atoms with Crippen LogP contribution in [0.15, 0.2) is 24.3 Å². The first-order valence-corrected chi connectivity index (χ1v) is 6.64. The number of benzene rings is 1. The van der Waals surface area contributed by atoms with E-state index in [1.54, 1.807) is 0 Å². The monoisotopic (exact) mass is 228 g/mol. The molecule has 1 atom stereocenters. The summed E-state index contributed by atoms with van der Waals surface area (Å²) in [4.78, 5) is 0. The molecule has 1 aromatic rings. The van der Waals surface area contributed by atoms with Gasteiger partial charge < -0.3 is 5.73 Å². The Morgan fingerprint density at radius 1 is 1.33 bits per heavy atom. The van der Waals surface area contributed by atoms with E-state index in [9.17, 15) is 9.11 Å². The quantitative estimate of drug-likeness (QED) is 0.623. The van der Waals surface area contributed by atoms with Crippen molar-refractivity contribution in [3.63, 3.8) is 0 Å². The molecule has 15 heavy (non-hydrogen) atoms. The molecular weight excluding hydrogens is 212 g/mol. The van der Waals surface area contributed by atoms with Gasteiger partial charge in [0.25, 0.3) is 0 Å². The van der Waals surface area contributed by atoms with Crippen molar-refractivity contribution in [1.29, 1.82) is 0 Å². The normalized spacial score (nSPS) is 26.5. The van der Waals surface area contributed by atoms with Crippen LogP contribution in [0.4, 0.5) is 0 Å². The highest BCUT2D eigenvalue weighted by Crippen LogP contribution is 2.45. The van der Waals surface area contributed by atoms with Crippen molar-refractivity contribution in [2.24, 2.45) is 5.73 Å². The van der Waals surface area contributed by atoms with Crippen LogP contribution in [0, 0.1) is 0 Å². The number of rotatable bonds is 2. The van der Waals surface area contributed by atoms with Crippen molar-refractivity contribution in [3.8, 4) is 0 Å². The van der Waals surface area contributed by atoms with Gasteiger partial charge in [0.2, 0.25) is 0 Å². The summed E-state index contributed by atoms with van der Waals surface area (Å²) in [5, 5.41) is 0. The SMILES string of the molecule is NCc1ccc(C2CCS(O)(O)N2)cc1. The summed E-state index contributed by atoms with van der Waals surface area (Å²) in [6.07, 6.45) is 0.768. The first-order chi connectivity index (χ1) is 7.11. The van der Waals surface area contributed by atoms with E-state index >= 15 is 0 Å². The second-order valence-electron chi connectivity index (χ2n) is 3.78. The van der Waals surface area contributed by atoms with Crippen LogP contribution in [0.1, 0.15) is 23.6 Å². The zero-order valence-electron chi connectivity index (χ0n) is 8.39. The summed E-state index contributed by atoms with van der Waals surface area (Å²) in [6, 6.07) is 7.98. The molecule has 1 fully saturated rings. The number of nitrogens with two attached hydrogens (primary N) is 1. The summed E-state index contributed by atoms with van der Waals surface area (Å²) in [7, 11) is -2.53. The van der Waals surface area contributed by atoms with Gasteiger partial charge in [-0.25, -0.2) is 4.72 Å². The van der Waals surface area contributed by atoms with Gasteiger partial charge in [-0.05, 0) is 17.5 Å². The largest absolute Gasteiger partial charge is 0.326 e. The molecule has 4 nitrogen and oxygen atoms in total. The first kappa shape index (κ1) is 10.9. The van der Waals surface area contributed by atoms with Crippen molar-refractivity contribution in [2.75, 3.05) is 5.75 Å². The van der Waals surface area contributed by atoms with Gasteiger partial charge in [-0.2, -0.15) is 0 Å². The summed E-state index contributed by atoms with van der Waals surface area (Å²) >= 11 is 0. The molecule has 2 rings (SSSR count). The highest BCUT2D eigenvalue weighted by molar-refractivity contribution is 8.22. The van der Waals surface area contributed by atoms with Gasteiger partial charge in [-0.1, -0.05) is 24.3 Å². The molecule has 0 radical (unpaired) electrons. The molecule has 1 aromatic carbocycles. The van der Waals surface area contributed by atoms with E-state index in [1.807, 2.05) is 24.3 Å². The molecule has 0 spiro atoms. The maximum absolute atomic E-state index is 9.43. The average Bonchev–Trinajstić information content (AvgIpc) is 2.59. The molecule has 1 aliphatic heterocycles. The first-order valence-electron chi connectivity index (χ1n) is 4.93. The minimum absolute atomic E-state index is 0.0572. The fourth-order valence-electron chi connectivity index (χ4n) is 1.75. The van der Waals surface area contributed by atoms with Crippen LogP contribution in [0.5, 0.6) is 0 Å². The van der Waals surface area contributed by atoms with Crippen LogP contribution < -0.4 is 10.5 Å². The van der Waals surface area contributed by atoms with Gasteiger partial charge >= 0.3 is 0 Å². The van der Waals surface area contributed by atoms with Crippen LogP contribution in [0.3, 0.4) is 0 Å². The van der Waals surface area contributed by atoms with Crippen molar-refractivity contribution >= 4 is 10.8 Å². The molecular formula is C10H16N2O2S. The van der Waals surface area contributed by atoms with Gasteiger partial charge in [-0.15, -0.1) is 10.8 Å². The molecule has 0 bridgehead atoms. The van der Waals surface area contributed by atoms with Gasteiger partial charge in [0.15, 0.2) is 0 Å². The van der Waals surface area contributed by atoms with E-state index in [0.717, 1.165) is 17.5 Å². The third-order valence-corrected chi connectivity index (χ3v) is 4.11. The predicted molar refractivity (Wildman–Crippen MR) is 62.5 cm³/mol. The van der Waals surface area contributed by atoms with Crippen LogP contribution >= 0.6 is 10.8 Å². The van der Waals surface area contributed by atoms with E-state index < -0.39 is 10.8 Å². The Kier molecular flexibility index (Phi) is 2.99. The van der Waals surface area contributed by atoms with Gasteiger partial charge in [0.1, 0.15) is 0 Å². The van der Waals surface area contributed by atoms with Crippen LogP contribution in [0.25, 0.3) is 0 Å². The van der Waals surface area contributed by atoms with Gasteiger partial charge in [-0.3, -0.25) is 9.11 Å². The number of nitrogens with one attached hydrogen (secondary N) is 1. The van der Waals surface area contributed by atoms with Crippen LogP contribution in [-0.4, -0.2) is 14.9 Å². The van der Waals surface area contributed by atoms with E-state index in [0.29, 0.717) is 12.3 Å². The van der Waals surface area contributed by atoms with E-state index in [1.165, 1.54) is 0 Å². The Hall–Kier alpha value is -0.590. The van der Waals surface area contributed by atoms with E-state index in [-0.39, 0.29) is 6.04 Å². The van der Waals surface area contributed by atoms with Crippen LogP contribution in [-0.2, 0) is 6.54 Å². The molecule has 1 unspecified atom stereocenters. The van der Waals surface area contributed by atoms with Gasteiger partial charge in [0.05, 0.1) is 11.8 Å². The summed E-state index contributed by atoms with van der Waals surface area (Å²) in [5.74, 6) is 0.441. The molecule has 5 N–H and O–H groups in total. The topological polar surface area (TPSA) is 78.5 Å². The molecule has 0 aromatic heterocycles. The third-order valence-electron chi connectivity index (χ3n) is 2.64. The smallest absolute Gasteiger partial charge is 0.0547 e. The fourth-order valence-corrected chi connectivity index (χ4v) is 3.14. The fraction of sp³-hybridized carbons (Fsp3) is 0.400. The minimum atomic E-state index is -2.53. The Balaban J connectivity index is 2.11. The predicted octanol–water partition coefficient (Wildman–Crippen LogP) is 1.85. The van der Waals surface area contributed by atoms with E-state index in [2.05, 4.69) is 4.72 Å².